The van der Waals surface area contributed by atoms with E-state index >= 15 is 0 Å². The van der Waals surface area contributed by atoms with Crippen LogP contribution in [0.25, 0.3) is 0 Å². The SMILES string of the molecule is CCCCC(=O)CC(=O)c1c(F)c(F)c(F)c(F)c1F. The summed E-state index contributed by atoms with van der Waals surface area (Å²) in [5.74, 6) is -13.2. The van der Waals surface area contributed by atoms with Crippen LogP contribution >= 0.6 is 0 Å². The number of halogens is 5. The van der Waals surface area contributed by atoms with Crippen molar-refractivity contribution in [2.45, 2.75) is 32.6 Å². The van der Waals surface area contributed by atoms with Crippen molar-refractivity contribution in [3.8, 4) is 0 Å². The van der Waals surface area contributed by atoms with Crippen LogP contribution in [-0.4, -0.2) is 11.6 Å². The van der Waals surface area contributed by atoms with Crippen molar-refractivity contribution in [3.63, 3.8) is 0 Å². The van der Waals surface area contributed by atoms with E-state index in [2.05, 4.69) is 0 Å². The van der Waals surface area contributed by atoms with Crippen molar-refractivity contribution in [2.24, 2.45) is 0 Å². The lowest BCUT2D eigenvalue weighted by Gasteiger charge is -2.07. The average molecular weight is 294 g/mol. The van der Waals surface area contributed by atoms with E-state index in [9.17, 15) is 31.5 Å². The predicted octanol–water partition coefficient (Wildman–Crippen LogP) is 3.71. The van der Waals surface area contributed by atoms with Crippen LogP contribution in [0.15, 0.2) is 0 Å². The van der Waals surface area contributed by atoms with Crippen LogP contribution in [0.5, 0.6) is 0 Å². The molecular formula is C13H11F5O2. The first-order chi connectivity index (χ1) is 9.31. The summed E-state index contributed by atoms with van der Waals surface area (Å²) in [6.45, 7) is 1.79. The quantitative estimate of drug-likeness (QED) is 0.263. The first kappa shape index (κ1) is 16.3. The van der Waals surface area contributed by atoms with Gasteiger partial charge in [0.15, 0.2) is 29.1 Å². The fourth-order valence-electron chi connectivity index (χ4n) is 1.58. The van der Waals surface area contributed by atoms with Crippen molar-refractivity contribution in [1.29, 1.82) is 0 Å². The molecule has 0 atom stereocenters. The number of ketones is 2. The zero-order valence-corrected chi connectivity index (χ0v) is 10.5. The molecule has 0 aliphatic carbocycles. The Morgan fingerprint density at radius 2 is 1.30 bits per heavy atom. The van der Waals surface area contributed by atoms with Crippen LogP contribution in [0.2, 0.25) is 0 Å². The van der Waals surface area contributed by atoms with Crippen LogP contribution in [0, 0.1) is 29.1 Å². The monoisotopic (exact) mass is 294 g/mol. The molecule has 0 heterocycles. The molecule has 0 saturated carbocycles. The van der Waals surface area contributed by atoms with Gasteiger partial charge in [-0.3, -0.25) is 9.59 Å². The minimum Gasteiger partial charge on any atom is -0.299 e. The predicted molar refractivity (Wildman–Crippen MR) is 59.7 cm³/mol. The van der Waals surface area contributed by atoms with E-state index < -0.39 is 52.6 Å². The second-order valence-corrected chi connectivity index (χ2v) is 4.19. The van der Waals surface area contributed by atoms with E-state index in [1.165, 1.54) is 0 Å². The van der Waals surface area contributed by atoms with E-state index in [-0.39, 0.29) is 6.42 Å². The fraction of sp³-hybridized carbons (Fsp3) is 0.385. The zero-order valence-electron chi connectivity index (χ0n) is 10.5. The number of hydrogen-bond acceptors (Lipinski definition) is 2. The fourth-order valence-corrected chi connectivity index (χ4v) is 1.58. The van der Waals surface area contributed by atoms with Crippen molar-refractivity contribution < 1.29 is 31.5 Å². The maximum atomic E-state index is 13.3. The van der Waals surface area contributed by atoms with Crippen LogP contribution in [0.3, 0.4) is 0 Å². The zero-order chi connectivity index (χ0) is 15.4. The van der Waals surface area contributed by atoms with Gasteiger partial charge in [0.05, 0.1) is 12.0 Å². The van der Waals surface area contributed by atoms with Gasteiger partial charge in [-0.2, -0.15) is 0 Å². The lowest BCUT2D eigenvalue weighted by molar-refractivity contribution is -0.118. The van der Waals surface area contributed by atoms with Gasteiger partial charge in [0.1, 0.15) is 5.78 Å². The number of Topliss-reactive ketones (excluding diaryl/α,β-unsaturated/α-hetero) is 2. The summed E-state index contributed by atoms with van der Waals surface area (Å²) >= 11 is 0. The summed E-state index contributed by atoms with van der Waals surface area (Å²) in [7, 11) is 0. The van der Waals surface area contributed by atoms with Crippen molar-refractivity contribution in [2.75, 3.05) is 0 Å². The molecule has 7 heteroatoms. The van der Waals surface area contributed by atoms with Gasteiger partial charge < -0.3 is 0 Å². The molecule has 0 aliphatic rings. The van der Waals surface area contributed by atoms with Gasteiger partial charge in [-0.05, 0) is 6.42 Å². The molecule has 0 N–H and O–H groups in total. The molecule has 1 rings (SSSR count). The molecule has 0 aliphatic heterocycles. The Morgan fingerprint density at radius 3 is 1.75 bits per heavy atom. The van der Waals surface area contributed by atoms with E-state index in [0.29, 0.717) is 12.8 Å². The van der Waals surface area contributed by atoms with Crippen LogP contribution in [0.4, 0.5) is 22.0 Å². The van der Waals surface area contributed by atoms with Gasteiger partial charge in [0.2, 0.25) is 5.82 Å². The largest absolute Gasteiger partial charge is 0.299 e. The lowest BCUT2D eigenvalue weighted by atomic mass is 10.0. The summed E-state index contributed by atoms with van der Waals surface area (Å²) in [4.78, 5) is 22.8. The molecule has 1 aromatic carbocycles. The van der Waals surface area contributed by atoms with Gasteiger partial charge in [0.25, 0.3) is 0 Å². The molecule has 110 valence electrons. The molecule has 0 fully saturated rings. The summed E-state index contributed by atoms with van der Waals surface area (Å²) < 4.78 is 65.2. The molecule has 1 aromatic rings. The third kappa shape index (κ3) is 3.20. The third-order valence-corrected chi connectivity index (χ3v) is 2.66. The van der Waals surface area contributed by atoms with Crippen molar-refractivity contribution >= 4 is 11.6 Å². The topological polar surface area (TPSA) is 34.1 Å². The van der Waals surface area contributed by atoms with Gasteiger partial charge >= 0.3 is 0 Å². The Labute approximate surface area is 111 Å². The molecule has 0 unspecified atom stereocenters. The highest BCUT2D eigenvalue weighted by Crippen LogP contribution is 2.24. The van der Waals surface area contributed by atoms with E-state index in [4.69, 9.17) is 0 Å². The number of benzene rings is 1. The second-order valence-electron chi connectivity index (χ2n) is 4.19. The van der Waals surface area contributed by atoms with E-state index in [1.54, 1.807) is 6.92 Å². The maximum absolute atomic E-state index is 13.3. The molecule has 20 heavy (non-hydrogen) atoms. The summed E-state index contributed by atoms with van der Waals surface area (Å²) in [6, 6.07) is 0. The number of carbonyl (C=O) groups excluding carboxylic acids is 2. The molecule has 0 saturated heterocycles. The molecule has 2 nitrogen and oxygen atoms in total. The highest BCUT2D eigenvalue weighted by atomic mass is 19.2. The number of rotatable bonds is 6. The Hall–Kier alpha value is -1.79. The standard InChI is InChI=1S/C13H11F5O2/c1-2-3-4-6(19)5-7(20)8-9(14)11(16)13(18)12(17)10(8)15/h2-5H2,1H3. The maximum Gasteiger partial charge on any atom is 0.200 e. The number of carbonyl (C=O) groups is 2. The molecule has 0 aromatic heterocycles. The molecule has 0 radical (unpaired) electrons. The van der Waals surface area contributed by atoms with Gasteiger partial charge in [-0.25, -0.2) is 22.0 Å². The average Bonchev–Trinajstić information content (AvgIpc) is 2.40. The van der Waals surface area contributed by atoms with E-state index in [1.807, 2.05) is 0 Å². The van der Waals surface area contributed by atoms with Gasteiger partial charge in [0, 0.05) is 6.42 Å². The minimum atomic E-state index is -2.34. The lowest BCUT2D eigenvalue weighted by Crippen LogP contribution is -2.15. The molecule has 0 spiro atoms. The normalized spacial score (nSPS) is 10.7. The highest BCUT2D eigenvalue weighted by Gasteiger charge is 2.30. The summed E-state index contributed by atoms with van der Waals surface area (Å²) in [6.07, 6.45) is 0.266. The number of hydrogen-bond donors (Lipinski definition) is 0. The second kappa shape index (κ2) is 6.58. The van der Waals surface area contributed by atoms with Crippen LogP contribution in [-0.2, 0) is 4.79 Å². The summed E-state index contributed by atoms with van der Waals surface area (Å²) in [5, 5.41) is 0. The molecule has 0 amide bonds. The Kier molecular flexibility index (Phi) is 5.35. The van der Waals surface area contributed by atoms with Gasteiger partial charge in [-0.1, -0.05) is 13.3 Å². The third-order valence-electron chi connectivity index (χ3n) is 2.66. The highest BCUT2D eigenvalue weighted by molar-refractivity contribution is 6.08. The number of unbranched alkanes of at least 4 members (excludes halogenated alkanes) is 1. The van der Waals surface area contributed by atoms with Gasteiger partial charge in [-0.15, -0.1) is 0 Å². The first-order valence-corrected chi connectivity index (χ1v) is 5.87. The summed E-state index contributed by atoms with van der Waals surface area (Å²) in [5.41, 5.74) is -1.56. The Bertz CT molecular complexity index is 525. The molecular weight excluding hydrogens is 283 g/mol. The van der Waals surface area contributed by atoms with Crippen LogP contribution < -0.4 is 0 Å². The van der Waals surface area contributed by atoms with Crippen molar-refractivity contribution in [1.82, 2.24) is 0 Å². The minimum absolute atomic E-state index is 0.0115. The smallest absolute Gasteiger partial charge is 0.200 e. The Balaban J connectivity index is 3.08. The molecule has 0 bridgehead atoms. The van der Waals surface area contributed by atoms with Crippen molar-refractivity contribution in [3.05, 3.63) is 34.6 Å². The van der Waals surface area contributed by atoms with Crippen LogP contribution in [0.1, 0.15) is 43.0 Å². The first-order valence-electron chi connectivity index (χ1n) is 5.87. The van der Waals surface area contributed by atoms with E-state index in [0.717, 1.165) is 0 Å². The Morgan fingerprint density at radius 1 is 0.850 bits per heavy atom.